The first-order valence-corrected chi connectivity index (χ1v) is 8.94. The Labute approximate surface area is 145 Å². The lowest BCUT2D eigenvalue weighted by atomic mass is 9.96. The SMILES string of the molecule is Clc1ccc(CN2CCC(c3nnc(C4CC4)o3)CC2)c(Cl)c1. The van der Waals surface area contributed by atoms with Crippen LogP contribution >= 0.6 is 23.2 Å². The Hall–Kier alpha value is -1.10. The zero-order chi connectivity index (χ0) is 15.8. The summed E-state index contributed by atoms with van der Waals surface area (Å²) < 4.78 is 5.86. The van der Waals surface area contributed by atoms with Crippen molar-refractivity contribution >= 4 is 23.2 Å². The summed E-state index contributed by atoms with van der Waals surface area (Å²) >= 11 is 12.2. The van der Waals surface area contributed by atoms with Gasteiger partial charge in [0.05, 0.1) is 0 Å². The number of aromatic nitrogens is 2. The van der Waals surface area contributed by atoms with E-state index in [0.29, 0.717) is 16.9 Å². The molecule has 0 unspecified atom stereocenters. The molecular formula is C17H19Cl2N3O. The van der Waals surface area contributed by atoms with E-state index in [1.54, 1.807) is 0 Å². The van der Waals surface area contributed by atoms with Crippen molar-refractivity contribution < 1.29 is 4.42 Å². The molecule has 23 heavy (non-hydrogen) atoms. The summed E-state index contributed by atoms with van der Waals surface area (Å²) in [6.07, 6.45) is 4.50. The van der Waals surface area contributed by atoms with E-state index in [4.69, 9.17) is 27.6 Å². The molecule has 1 aliphatic carbocycles. The second kappa shape index (κ2) is 6.42. The van der Waals surface area contributed by atoms with Gasteiger partial charge in [0, 0.05) is 28.4 Å². The molecule has 0 amide bonds. The molecule has 2 fully saturated rings. The Bertz CT molecular complexity index is 691. The third-order valence-electron chi connectivity index (χ3n) is 4.73. The first-order valence-electron chi connectivity index (χ1n) is 8.18. The van der Waals surface area contributed by atoms with Gasteiger partial charge >= 0.3 is 0 Å². The van der Waals surface area contributed by atoms with Gasteiger partial charge in [-0.25, -0.2) is 0 Å². The molecule has 2 aliphatic rings. The highest BCUT2D eigenvalue weighted by Gasteiger charge is 2.31. The number of piperidine rings is 1. The van der Waals surface area contributed by atoms with E-state index in [1.165, 1.54) is 12.8 Å². The Kier molecular flexibility index (Phi) is 4.31. The molecule has 1 aromatic heterocycles. The highest BCUT2D eigenvalue weighted by Crippen LogP contribution is 2.40. The minimum Gasteiger partial charge on any atom is -0.425 e. The van der Waals surface area contributed by atoms with E-state index in [1.807, 2.05) is 18.2 Å². The van der Waals surface area contributed by atoms with E-state index in [-0.39, 0.29) is 0 Å². The predicted octanol–water partition coefficient (Wildman–Crippen LogP) is 4.63. The van der Waals surface area contributed by atoms with Gasteiger partial charge in [0.2, 0.25) is 11.8 Å². The van der Waals surface area contributed by atoms with Crippen LogP contribution in [0.1, 0.15) is 54.9 Å². The summed E-state index contributed by atoms with van der Waals surface area (Å²) in [6.45, 7) is 2.90. The van der Waals surface area contributed by atoms with Crippen molar-refractivity contribution in [3.63, 3.8) is 0 Å². The molecule has 0 atom stereocenters. The van der Waals surface area contributed by atoms with E-state index in [2.05, 4.69) is 15.1 Å². The van der Waals surface area contributed by atoms with Crippen molar-refractivity contribution in [2.24, 2.45) is 0 Å². The largest absolute Gasteiger partial charge is 0.425 e. The number of hydrogen-bond acceptors (Lipinski definition) is 4. The third kappa shape index (κ3) is 3.54. The van der Waals surface area contributed by atoms with Crippen molar-refractivity contribution in [1.82, 2.24) is 15.1 Å². The molecular weight excluding hydrogens is 333 g/mol. The summed E-state index contributed by atoms with van der Waals surface area (Å²) in [5, 5.41) is 9.88. The average Bonchev–Trinajstić information content (AvgIpc) is 3.28. The normalized spacial score (nSPS) is 20.1. The van der Waals surface area contributed by atoms with Gasteiger partial charge in [-0.3, -0.25) is 4.90 Å². The zero-order valence-corrected chi connectivity index (χ0v) is 14.4. The molecule has 0 bridgehead atoms. The first-order chi connectivity index (χ1) is 11.2. The van der Waals surface area contributed by atoms with Crippen LogP contribution in [0.3, 0.4) is 0 Å². The van der Waals surface area contributed by atoms with Crippen LogP contribution in [-0.4, -0.2) is 28.2 Å². The van der Waals surface area contributed by atoms with Crippen LogP contribution in [0.5, 0.6) is 0 Å². The number of hydrogen-bond donors (Lipinski definition) is 0. The minimum atomic E-state index is 0.395. The monoisotopic (exact) mass is 351 g/mol. The molecule has 0 N–H and O–H groups in total. The van der Waals surface area contributed by atoms with E-state index < -0.39 is 0 Å². The van der Waals surface area contributed by atoms with E-state index in [9.17, 15) is 0 Å². The molecule has 2 heterocycles. The zero-order valence-electron chi connectivity index (χ0n) is 12.8. The van der Waals surface area contributed by atoms with Crippen LogP contribution in [0.4, 0.5) is 0 Å². The van der Waals surface area contributed by atoms with Crippen LogP contribution in [0.2, 0.25) is 10.0 Å². The van der Waals surface area contributed by atoms with Crippen molar-refractivity contribution in [3.8, 4) is 0 Å². The maximum absolute atomic E-state index is 6.27. The molecule has 4 rings (SSSR count). The van der Waals surface area contributed by atoms with Crippen LogP contribution in [-0.2, 0) is 6.54 Å². The number of nitrogens with zero attached hydrogens (tertiary/aromatic N) is 3. The van der Waals surface area contributed by atoms with E-state index in [0.717, 1.165) is 54.8 Å². The number of rotatable bonds is 4. The van der Waals surface area contributed by atoms with Crippen molar-refractivity contribution in [3.05, 3.63) is 45.6 Å². The van der Waals surface area contributed by atoms with Gasteiger partial charge in [0.1, 0.15) is 0 Å². The average molecular weight is 352 g/mol. The lowest BCUT2D eigenvalue weighted by Gasteiger charge is -2.30. The Morgan fingerprint density at radius 1 is 1.00 bits per heavy atom. The molecule has 6 heteroatoms. The summed E-state index contributed by atoms with van der Waals surface area (Å²) in [7, 11) is 0. The number of benzene rings is 1. The molecule has 1 saturated carbocycles. The minimum absolute atomic E-state index is 0.395. The van der Waals surface area contributed by atoms with Crippen LogP contribution in [0, 0.1) is 0 Å². The predicted molar refractivity (Wildman–Crippen MR) is 90.0 cm³/mol. The summed E-state index contributed by atoms with van der Waals surface area (Å²) in [5.74, 6) is 2.60. The Balaban J connectivity index is 1.34. The molecule has 1 saturated heterocycles. The molecule has 2 aromatic rings. The molecule has 4 nitrogen and oxygen atoms in total. The van der Waals surface area contributed by atoms with Gasteiger partial charge in [-0.15, -0.1) is 10.2 Å². The summed E-state index contributed by atoms with van der Waals surface area (Å²) in [5.41, 5.74) is 1.13. The standard InChI is InChI=1S/C17H19Cl2N3O/c18-14-4-3-13(15(19)9-14)10-22-7-5-12(6-8-22)17-21-20-16(23-17)11-1-2-11/h3-4,9,11-12H,1-2,5-8,10H2. The van der Waals surface area contributed by atoms with Gasteiger partial charge < -0.3 is 4.42 Å². The number of likely N-dealkylation sites (tertiary alicyclic amines) is 1. The van der Waals surface area contributed by atoms with Gasteiger partial charge in [-0.2, -0.15) is 0 Å². The fourth-order valence-corrected chi connectivity index (χ4v) is 3.60. The van der Waals surface area contributed by atoms with E-state index >= 15 is 0 Å². The Morgan fingerprint density at radius 2 is 1.65 bits per heavy atom. The second-order valence-electron chi connectivity index (χ2n) is 6.54. The van der Waals surface area contributed by atoms with Crippen LogP contribution < -0.4 is 0 Å². The van der Waals surface area contributed by atoms with Crippen LogP contribution in [0.25, 0.3) is 0 Å². The number of halogens is 2. The topological polar surface area (TPSA) is 42.2 Å². The maximum atomic E-state index is 6.27. The molecule has 0 radical (unpaired) electrons. The fourth-order valence-electron chi connectivity index (χ4n) is 3.14. The molecule has 122 valence electrons. The molecule has 1 aliphatic heterocycles. The second-order valence-corrected chi connectivity index (χ2v) is 7.38. The summed E-state index contributed by atoms with van der Waals surface area (Å²) in [6, 6.07) is 5.72. The van der Waals surface area contributed by atoms with Crippen molar-refractivity contribution in [2.45, 2.75) is 44.1 Å². The highest BCUT2D eigenvalue weighted by atomic mass is 35.5. The van der Waals surface area contributed by atoms with Crippen molar-refractivity contribution in [1.29, 1.82) is 0 Å². The van der Waals surface area contributed by atoms with Gasteiger partial charge in [0.15, 0.2) is 0 Å². The smallest absolute Gasteiger partial charge is 0.219 e. The maximum Gasteiger partial charge on any atom is 0.219 e. The lowest BCUT2D eigenvalue weighted by Crippen LogP contribution is -2.32. The van der Waals surface area contributed by atoms with Crippen molar-refractivity contribution in [2.75, 3.05) is 13.1 Å². The third-order valence-corrected chi connectivity index (χ3v) is 5.32. The fraction of sp³-hybridized carbons (Fsp3) is 0.529. The Morgan fingerprint density at radius 3 is 2.26 bits per heavy atom. The quantitative estimate of drug-likeness (QED) is 0.804. The summed E-state index contributed by atoms with van der Waals surface area (Å²) in [4.78, 5) is 2.42. The molecule has 0 spiro atoms. The first kappa shape index (κ1) is 15.4. The van der Waals surface area contributed by atoms with Gasteiger partial charge in [-0.1, -0.05) is 29.3 Å². The highest BCUT2D eigenvalue weighted by molar-refractivity contribution is 6.35. The van der Waals surface area contributed by atoms with Gasteiger partial charge in [0.25, 0.3) is 0 Å². The van der Waals surface area contributed by atoms with Gasteiger partial charge in [-0.05, 0) is 56.5 Å². The van der Waals surface area contributed by atoms with Crippen LogP contribution in [0.15, 0.2) is 22.6 Å². The lowest BCUT2D eigenvalue weighted by molar-refractivity contribution is 0.192. The molecule has 1 aromatic carbocycles.